The third-order valence-electron chi connectivity index (χ3n) is 4.20. The Labute approximate surface area is 185 Å². The van der Waals surface area contributed by atoms with Crippen LogP contribution in [0, 0.1) is 0 Å². The van der Waals surface area contributed by atoms with Gasteiger partial charge in [-0.25, -0.2) is 4.68 Å². The summed E-state index contributed by atoms with van der Waals surface area (Å²) in [7, 11) is 1.66. The molecule has 2 heterocycles. The van der Waals surface area contributed by atoms with Gasteiger partial charge in [-0.3, -0.25) is 4.99 Å². The van der Waals surface area contributed by atoms with E-state index < -0.39 is 0 Å². The average Bonchev–Trinajstić information content (AvgIpc) is 3.41. The molecule has 2 aromatic carbocycles. The number of rotatable bonds is 6. The number of methoxy groups -OCH3 is 1. The van der Waals surface area contributed by atoms with Gasteiger partial charge >= 0.3 is 0 Å². The maximum Gasteiger partial charge on any atom is 0.206 e. The fourth-order valence-electron chi connectivity index (χ4n) is 2.78. The Hall–Kier alpha value is -2.48. The molecule has 0 amide bonds. The lowest BCUT2D eigenvalue weighted by molar-refractivity contribution is 0.414. The lowest BCUT2D eigenvalue weighted by Crippen LogP contribution is -2.12. The van der Waals surface area contributed by atoms with E-state index in [1.54, 1.807) is 29.8 Å². The number of benzene rings is 2. The molecule has 0 bridgehead atoms. The highest BCUT2D eigenvalue weighted by Gasteiger charge is 2.09. The molecule has 0 N–H and O–H groups in total. The van der Waals surface area contributed by atoms with Gasteiger partial charge in [0.1, 0.15) is 5.75 Å². The number of aromatic nitrogens is 1. The smallest absolute Gasteiger partial charge is 0.206 e. The first-order chi connectivity index (χ1) is 14.2. The first-order valence-electron chi connectivity index (χ1n) is 8.91. The second-order valence-corrected chi connectivity index (χ2v) is 8.83. The lowest BCUT2D eigenvalue weighted by atomic mass is 10.2. The molecule has 0 aliphatic heterocycles. The molecule has 0 saturated carbocycles. The third kappa shape index (κ3) is 4.75. The van der Waals surface area contributed by atoms with Crippen molar-refractivity contribution >= 4 is 44.8 Å². The van der Waals surface area contributed by atoms with Crippen molar-refractivity contribution in [1.82, 2.24) is 4.68 Å². The summed E-state index contributed by atoms with van der Waals surface area (Å²) in [5, 5.41) is 8.94. The largest absolute Gasteiger partial charge is 0.496 e. The molecule has 146 valence electrons. The predicted octanol–water partition coefficient (Wildman–Crippen LogP) is 6.03. The zero-order valence-corrected chi connectivity index (χ0v) is 18.9. The highest BCUT2D eigenvalue weighted by atomic mass is 79.9. The molecule has 2 aromatic heterocycles. The van der Waals surface area contributed by atoms with Crippen molar-refractivity contribution in [3.8, 4) is 16.3 Å². The number of ether oxygens (including phenoxy) is 1. The Balaban J connectivity index is 1.76. The first kappa shape index (κ1) is 19.8. The van der Waals surface area contributed by atoms with Gasteiger partial charge in [0.25, 0.3) is 0 Å². The molecule has 4 aromatic rings. The molecule has 0 unspecified atom stereocenters. The zero-order valence-electron chi connectivity index (χ0n) is 15.7. The Morgan fingerprint density at radius 1 is 1.07 bits per heavy atom. The number of thiazole rings is 1. The van der Waals surface area contributed by atoms with Crippen LogP contribution < -0.4 is 9.54 Å². The van der Waals surface area contributed by atoms with E-state index in [1.807, 2.05) is 53.4 Å². The summed E-state index contributed by atoms with van der Waals surface area (Å²) in [5.74, 6) is 0.772. The SMILES string of the molecule is COc1ccc(Br)cc1/C=N/n1c(-c2cccs2)csc1=NCc1ccccc1. The fraction of sp³-hybridized carbons (Fsp3) is 0.0909. The normalized spacial score (nSPS) is 12.0. The first-order valence-corrected chi connectivity index (χ1v) is 11.5. The van der Waals surface area contributed by atoms with Crippen LogP contribution in [0.1, 0.15) is 11.1 Å². The van der Waals surface area contributed by atoms with E-state index in [0.717, 1.165) is 31.2 Å². The zero-order chi connectivity index (χ0) is 20.1. The van der Waals surface area contributed by atoms with E-state index in [4.69, 9.17) is 14.8 Å². The molecule has 29 heavy (non-hydrogen) atoms. The van der Waals surface area contributed by atoms with Crippen LogP contribution in [0.25, 0.3) is 10.6 Å². The van der Waals surface area contributed by atoms with Gasteiger partial charge in [0, 0.05) is 15.4 Å². The summed E-state index contributed by atoms with van der Waals surface area (Å²) in [6, 6.07) is 20.2. The maximum atomic E-state index is 5.47. The molecule has 7 heteroatoms. The number of thiophene rings is 1. The van der Waals surface area contributed by atoms with Crippen LogP contribution >= 0.6 is 38.6 Å². The van der Waals surface area contributed by atoms with E-state index in [-0.39, 0.29) is 0 Å². The molecule has 0 spiro atoms. The van der Waals surface area contributed by atoms with E-state index in [1.165, 1.54) is 5.56 Å². The summed E-state index contributed by atoms with van der Waals surface area (Å²) < 4.78 is 8.35. The van der Waals surface area contributed by atoms with Crippen molar-refractivity contribution in [1.29, 1.82) is 0 Å². The second-order valence-electron chi connectivity index (χ2n) is 6.13. The molecule has 4 rings (SSSR count). The molecule has 0 saturated heterocycles. The highest BCUT2D eigenvalue weighted by Crippen LogP contribution is 2.26. The van der Waals surface area contributed by atoms with E-state index in [0.29, 0.717) is 6.54 Å². The van der Waals surface area contributed by atoms with E-state index in [9.17, 15) is 0 Å². The van der Waals surface area contributed by atoms with Gasteiger partial charge in [-0.2, -0.15) is 5.10 Å². The van der Waals surface area contributed by atoms with Crippen LogP contribution in [0.5, 0.6) is 5.75 Å². The quantitative estimate of drug-likeness (QED) is 0.308. The van der Waals surface area contributed by atoms with Gasteiger partial charge in [0.05, 0.1) is 30.4 Å². The molecular weight excluding hydrogens is 466 g/mol. The van der Waals surface area contributed by atoms with Crippen molar-refractivity contribution in [2.45, 2.75) is 6.54 Å². The van der Waals surface area contributed by atoms with Gasteiger partial charge < -0.3 is 4.74 Å². The Bertz CT molecular complexity index is 1180. The fourth-order valence-corrected chi connectivity index (χ4v) is 4.79. The van der Waals surface area contributed by atoms with Crippen molar-refractivity contribution in [2.75, 3.05) is 7.11 Å². The summed E-state index contributed by atoms with van der Waals surface area (Å²) >= 11 is 6.80. The van der Waals surface area contributed by atoms with Crippen LogP contribution in [-0.4, -0.2) is 18.0 Å². The lowest BCUT2D eigenvalue weighted by Gasteiger charge is -2.05. The minimum Gasteiger partial charge on any atom is -0.496 e. The summed E-state index contributed by atoms with van der Waals surface area (Å²) in [6.45, 7) is 0.612. The van der Waals surface area contributed by atoms with Crippen molar-refractivity contribution in [3.63, 3.8) is 0 Å². The average molecular weight is 484 g/mol. The minimum absolute atomic E-state index is 0.612. The van der Waals surface area contributed by atoms with Crippen LogP contribution in [0.4, 0.5) is 0 Å². The van der Waals surface area contributed by atoms with Crippen LogP contribution in [0.15, 0.2) is 86.0 Å². The molecule has 0 atom stereocenters. The van der Waals surface area contributed by atoms with Crippen LogP contribution in [0.2, 0.25) is 0 Å². The number of halogens is 1. The Morgan fingerprint density at radius 2 is 1.93 bits per heavy atom. The Morgan fingerprint density at radius 3 is 2.69 bits per heavy atom. The maximum absolute atomic E-state index is 5.47. The monoisotopic (exact) mass is 483 g/mol. The topological polar surface area (TPSA) is 38.9 Å². The molecule has 0 radical (unpaired) electrons. The van der Waals surface area contributed by atoms with Crippen molar-refractivity contribution < 1.29 is 4.74 Å². The second kappa shape index (κ2) is 9.35. The molecule has 4 nitrogen and oxygen atoms in total. The van der Waals surface area contributed by atoms with Gasteiger partial charge in [0.15, 0.2) is 0 Å². The molecule has 0 aliphatic rings. The summed E-state index contributed by atoms with van der Waals surface area (Å²) in [6.07, 6.45) is 1.81. The van der Waals surface area contributed by atoms with Gasteiger partial charge in [0.2, 0.25) is 4.80 Å². The molecule has 0 fully saturated rings. The number of hydrogen-bond acceptors (Lipinski definition) is 5. The summed E-state index contributed by atoms with van der Waals surface area (Å²) in [4.78, 5) is 6.81. The predicted molar refractivity (Wildman–Crippen MR) is 125 cm³/mol. The molecular formula is C22H18BrN3OS2. The highest BCUT2D eigenvalue weighted by molar-refractivity contribution is 9.10. The Kier molecular flexibility index (Phi) is 6.39. The van der Waals surface area contributed by atoms with Crippen molar-refractivity contribution in [3.05, 3.63) is 91.8 Å². The molecule has 0 aliphatic carbocycles. The number of hydrogen-bond donors (Lipinski definition) is 0. The van der Waals surface area contributed by atoms with Crippen LogP contribution in [0.3, 0.4) is 0 Å². The van der Waals surface area contributed by atoms with Gasteiger partial charge in [-0.15, -0.1) is 22.7 Å². The summed E-state index contributed by atoms with van der Waals surface area (Å²) in [5.41, 5.74) is 3.09. The number of nitrogens with zero attached hydrogens (tertiary/aromatic N) is 3. The minimum atomic E-state index is 0.612. The third-order valence-corrected chi connectivity index (χ3v) is 6.44. The van der Waals surface area contributed by atoms with Gasteiger partial charge in [-0.05, 0) is 35.2 Å². The van der Waals surface area contributed by atoms with E-state index >= 15 is 0 Å². The van der Waals surface area contributed by atoms with Crippen LogP contribution in [-0.2, 0) is 6.54 Å². The van der Waals surface area contributed by atoms with Gasteiger partial charge in [-0.1, -0.05) is 52.3 Å². The standard InChI is InChI=1S/C22H18BrN3OS2/c1-27-20-10-9-18(23)12-17(20)14-25-26-19(21-8-5-11-28-21)15-29-22(26)24-13-16-6-3-2-4-7-16/h2-12,14-15H,13H2,1H3/b24-22?,25-14+. The van der Waals surface area contributed by atoms with Crippen molar-refractivity contribution in [2.24, 2.45) is 10.1 Å². The van der Waals surface area contributed by atoms with E-state index in [2.05, 4.69) is 44.9 Å².